The highest BCUT2D eigenvalue weighted by Gasteiger charge is 2.06. The highest BCUT2D eigenvalue weighted by atomic mass is 16.3. The molecule has 0 bridgehead atoms. The quantitative estimate of drug-likeness (QED) is 0.769. The fourth-order valence-corrected chi connectivity index (χ4v) is 2.32. The Morgan fingerprint density at radius 3 is 2.71 bits per heavy atom. The number of para-hydroxylation sites is 1. The van der Waals surface area contributed by atoms with Crippen LogP contribution in [0.2, 0.25) is 0 Å². The topological polar surface area (TPSA) is 68.3 Å². The van der Waals surface area contributed by atoms with Crippen LogP contribution in [0.1, 0.15) is 21.7 Å². The van der Waals surface area contributed by atoms with Crippen LogP contribution in [-0.2, 0) is 6.54 Å². The second-order valence-electron chi connectivity index (χ2n) is 5.00. The summed E-state index contributed by atoms with van der Waals surface area (Å²) in [6.07, 6.45) is 0. The molecule has 0 unspecified atom stereocenters. The molecule has 1 aromatic heterocycles. The third-order valence-corrected chi connectivity index (χ3v) is 3.44. The van der Waals surface area contributed by atoms with E-state index in [-0.39, 0.29) is 0 Å². The molecule has 0 aliphatic heterocycles. The number of nitrogens with two attached hydrogens (primary N) is 1. The molecule has 21 heavy (non-hydrogen) atoms. The Bertz CT molecular complexity index is 772. The molecule has 3 rings (SSSR count). The normalized spacial score (nSPS) is 10.7. The zero-order valence-electron chi connectivity index (χ0n) is 11.7. The average molecular weight is 280 g/mol. The first kappa shape index (κ1) is 13.2. The van der Waals surface area contributed by atoms with Gasteiger partial charge in [0.2, 0.25) is 5.91 Å². The Balaban J connectivity index is 1.76. The van der Waals surface area contributed by atoms with E-state index in [9.17, 15) is 4.79 Å². The second-order valence-corrected chi connectivity index (χ2v) is 5.00. The van der Waals surface area contributed by atoms with Gasteiger partial charge in [0.1, 0.15) is 11.3 Å². The largest absolute Gasteiger partial charge is 0.459 e. The van der Waals surface area contributed by atoms with E-state index in [1.165, 1.54) is 0 Å². The number of anilines is 1. The van der Waals surface area contributed by atoms with Gasteiger partial charge in [0.05, 0.1) is 6.54 Å². The summed E-state index contributed by atoms with van der Waals surface area (Å²) in [5, 5.41) is 4.40. The third-order valence-electron chi connectivity index (χ3n) is 3.44. The van der Waals surface area contributed by atoms with E-state index >= 15 is 0 Å². The molecular formula is C17H16N2O2. The van der Waals surface area contributed by atoms with Crippen molar-refractivity contribution in [3.63, 3.8) is 0 Å². The maximum atomic E-state index is 11.1. The number of furan rings is 1. The molecule has 0 saturated carbocycles. The van der Waals surface area contributed by atoms with Crippen LogP contribution in [0.5, 0.6) is 0 Å². The molecule has 0 aliphatic carbocycles. The van der Waals surface area contributed by atoms with Crippen LogP contribution < -0.4 is 11.1 Å². The first-order chi connectivity index (χ1) is 10.1. The number of aryl methyl sites for hydroxylation is 1. The summed E-state index contributed by atoms with van der Waals surface area (Å²) in [4.78, 5) is 11.1. The maximum absolute atomic E-state index is 11.1. The summed E-state index contributed by atoms with van der Waals surface area (Å²) in [7, 11) is 0. The maximum Gasteiger partial charge on any atom is 0.248 e. The molecule has 1 amide bonds. The lowest BCUT2D eigenvalue weighted by molar-refractivity contribution is 0.1000. The SMILES string of the molecule is Cc1cc(C(N)=O)ccc1NCc1cc2ccccc2o1. The molecule has 2 aromatic carbocycles. The van der Waals surface area contributed by atoms with E-state index in [2.05, 4.69) is 5.32 Å². The predicted octanol–water partition coefficient (Wildman–Crippen LogP) is 3.45. The van der Waals surface area contributed by atoms with Gasteiger partial charge in [-0.1, -0.05) is 18.2 Å². The number of rotatable bonds is 4. The Morgan fingerprint density at radius 1 is 1.19 bits per heavy atom. The van der Waals surface area contributed by atoms with Gasteiger partial charge in [-0.25, -0.2) is 0 Å². The summed E-state index contributed by atoms with van der Waals surface area (Å²) in [5.74, 6) is 0.455. The molecule has 0 spiro atoms. The van der Waals surface area contributed by atoms with Crippen LogP contribution in [0.15, 0.2) is 52.9 Å². The second kappa shape index (κ2) is 5.32. The fraction of sp³-hybridized carbons (Fsp3) is 0.118. The van der Waals surface area contributed by atoms with E-state index < -0.39 is 5.91 Å². The number of amides is 1. The van der Waals surface area contributed by atoms with E-state index in [1.807, 2.05) is 43.3 Å². The number of fused-ring (bicyclic) bond motifs is 1. The van der Waals surface area contributed by atoms with Gasteiger partial charge in [0.25, 0.3) is 0 Å². The first-order valence-electron chi connectivity index (χ1n) is 6.75. The van der Waals surface area contributed by atoms with Crippen molar-refractivity contribution in [2.75, 3.05) is 5.32 Å². The monoisotopic (exact) mass is 280 g/mol. The zero-order valence-corrected chi connectivity index (χ0v) is 11.7. The van der Waals surface area contributed by atoms with E-state index in [1.54, 1.807) is 12.1 Å². The van der Waals surface area contributed by atoms with Gasteiger partial charge in [-0.3, -0.25) is 4.79 Å². The van der Waals surface area contributed by atoms with Gasteiger partial charge >= 0.3 is 0 Å². The van der Waals surface area contributed by atoms with Crippen molar-refractivity contribution in [1.29, 1.82) is 0 Å². The van der Waals surface area contributed by atoms with Crippen molar-refractivity contribution in [2.24, 2.45) is 5.73 Å². The number of carbonyl (C=O) groups excluding carboxylic acids is 1. The van der Waals surface area contributed by atoms with Crippen LogP contribution in [-0.4, -0.2) is 5.91 Å². The average Bonchev–Trinajstić information content (AvgIpc) is 2.88. The van der Waals surface area contributed by atoms with Crippen molar-refractivity contribution in [3.8, 4) is 0 Å². The summed E-state index contributed by atoms with van der Waals surface area (Å²) in [6, 6.07) is 15.3. The molecular weight excluding hydrogens is 264 g/mol. The van der Waals surface area contributed by atoms with Crippen LogP contribution >= 0.6 is 0 Å². The predicted molar refractivity (Wildman–Crippen MR) is 83.2 cm³/mol. The fourth-order valence-electron chi connectivity index (χ4n) is 2.32. The van der Waals surface area contributed by atoms with Gasteiger partial charge in [0, 0.05) is 16.6 Å². The van der Waals surface area contributed by atoms with Crippen LogP contribution in [0, 0.1) is 6.92 Å². The van der Waals surface area contributed by atoms with Gasteiger partial charge < -0.3 is 15.5 Å². The Labute approximate surface area is 122 Å². The number of nitrogens with one attached hydrogen (secondary N) is 1. The molecule has 0 aliphatic rings. The highest BCUT2D eigenvalue weighted by molar-refractivity contribution is 5.93. The van der Waals surface area contributed by atoms with Gasteiger partial charge in [-0.05, 0) is 42.8 Å². The number of carbonyl (C=O) groups is 1. The van der Waals surface area contributed by atoms with Crippen LogP contribution in [0.3, 0.4) is 0 Å². The molecule has 3 aromatic rings. The first-order valence-corrected chi connectivity index (χ1v) is 6.75. The lowest BCUT2D eigenvalue weighted by Crippen LogP contribution is -2.11. The number of hydrogen-bond donors (Lipinski definition) is 2. The molecule has 1 heterocycles. The number of hydrogen-bond acceptors (Lipinski definition) is 3. The Hall–Kier alpha value is -2.75. The summed E-state index contributed by atoms with van der Waals surface area (Å²) < 4.78 is 5.75. The van der Waals surface area contributed by atoms with Crippen molar-refractivity contribution in [2.45, 2.75) is 13.5 Å². The standard InChI is InChI=1S/C17H16N2O2/c1-11-8-13(17(18)20)6-7-15(11)19-10-14-9-12-4-2-3-5-16(12)21-14/h2-9,19H,10H2,1H3,(H2,18,20). The van der Waals surface area contributed by atoms with Gasteiger partial charge in [-0.2, -0.15) is 0 Å². The lowest BCUT2D eigenvalue weighted by atomic mass is 10.1. The highest BCUT2D eigenvalue weighted by Crippen LogP contribution is 2.21. The van der Waals surface area contributed by atoms with E-state index in [0.29, 0.717) is 12.1 Å². The number of primary amides is 1. The van der Waals surface area contributed by atoms with Crippen molar-refractivity contribution < 1.29 is 9.21 Å². The van der Waals surface area contributed by atoms with Gasteiger partial charge in [-0.15, -0.1) is 0 Å². The van der Waals surface area contributed by atoms with Crippen LogP contribution in [0.25, 0.3) is 11.0 Å². The minimum Gasteiger partial charge on any atom is -0.459 e. The molecule has 106 valence electrons. The Kier molecular flexibility index (Phi) is 3.36. The van der Waals surface area contributed by atoms with E-state index in [4.69, 9.17) is 10.2 Å². The number of benzene rings is 2. The third kappa shape index (κ3) is 2.74. The molecule has 0 atom stereocenters. The zero-order chi connectivity index (χ0) is 14.8. The van der Waals surface area contributed by atoms with Crippen molar-refractivity contribution in [3.05, 3.63) is 65.4 Å². The summed E-state index contributed by atoms with van der Waals surface area (Å²) in [5.41, 5.74) is 8.60. The summed E-state index contributed by atoms with van der Waals surface area (Å²) in [6.45, 7) is 2.53. The molecule has 0 saturated heterocycles. The van der Waals surface area contributed by atoms with Crippen molar-refractivity contribution >= 4 is 22.6 Å². The molecule has 0 fully saturated rings. The lowest BCUT2D eigenvalue weighted by Gasteiger charge is -2.09. The smallest absolute Gasteiger partial charge is 0.248 e. The van der Waals surface area contributed by atoms with Gasteiger partial charge in [0.15, 0.2) is 0 Å². The minimum atomic E-state index is -0.415. The summed E-state index contributed by atoms with van der Waals surface area (Å²) >= 11 is 0. The molecule has 4 nitrogen and oxygen atoms in total. The Morgan fingerprint density at radius 2 is 2.00 bits per heavy atom. The molecule has 3 N–H and O–H groups in total. The van der Waals surface area contributed by atoms with Crippen LogP contribution in [0.4, 0.5) is 5.69 Å². The minimum absolute atomic E-state index is 0.415. The molecule has 0 radical (unpaired) electrons. The molecule has 4 heteroatoms. The van der Waals surface area contributed by atoms with E-state index in [0.717, 1.165) is 28.0 Å². The van der Waals surface area contributed by atoms with Crippen molar-refractivity contribution in [1.82, 2.24) is 0 Å².